The summed E-state index contributed by atoms with van der Waals surface area (Å²) < 4.78 is 4.58. The van der Waals surface area contributed by atoms with Gasteiger partial charge in [-0.25, -0.2) is 9.67 Å². The van der Waals surface area contributed by atoms with Gasteiger partial charge < -0.3 is 9.72 Å². The molecule has 6 nitrogen and oxygen atoms in total. The van der Waals surface area contributed by atoms with E-state index in [0.717, 1.165) is 15.7 Å². The van der Waals surface area contributed by atoms with Crippen molar-refractivity contribution in [3.05, 3.63) is 82.9 Å². The highest BCUT2D eigenvalue weighted by Crippen LogP contribution is 2.19. The topological polar surface area (TPSA) is 64.2 Å². The zero-order chi connectivity index (χ0) is 17.2. The predicted molar refractivity (Wildman–Crippen MR) is 98.6 cm³/mol. The van der Waals surface area contributed by atoms with E-state index in [1.807, 2.05) is 40.9 Å². The van der Waals surface area contributed by atoms with Crippen LogP contribution in [0.15, 0.2) is 71.7 Å². The number of fused-ring (bicyclic) bond motifs is 1. The molecule has 25 heavy (non-hydrogen) atoms. The van der Waals surface area contributed by atoms with Crippen LogP contribution in [0.2, 0.25) is 0 Å². The molecule has 124 valence electrons. The van der Waals surface area contributed by atoms with Gasteiger partial charge in [0, 0.05) is 29.1 Å². The highest BCUT2D eigenvalue weighted by atomic mass is 79.9. The van der Waals surface area contributed by atoms with E-state index in [-0.39, 0.29) is 5.91 Å². The summed E-state index contributed by atoms with van der Waals surface area (Å²) in [6.07, 6.45) is 6.94. The summed E-state index contributed by atoms with van der Waals surface area (Å²) in [5, 5.41) is 7.22. The SMILES string of the molecule is O=C(Nc1ccnn1Cc1ccccc1Br)c1ccc2nccn2c1. The van der Waals surface area contributed by atoms with Gasteiger partial charge in [0.1, 0.15) is 11.5 Å². The number of halogens is 1. The van der Waals surface area contributed by atoms with Crippen LogP contribution in [0.3, 0.4) is 0 Å². The first kappa shape index (κ1) is 15.6. The normalized spacial score (nSPS) is 10.9. The smallest absolute Gasteiger partial charge is 0.258 e. The molecule has 0 atom stereocenters. The third-order valence-corrected chi connectivity index (χ3v) is 4.66. The second kappa shape index (κ2) is 6.52. The second-order valence-electron chi connectivity index (χ2n) is 5.53. The summed E-state index contributed by atoms with van der Waals surface area (Å²) in [7, 11) is 0. The Labute approximate surface area is 152 Å². The van der Waals surface area contributed by atoms with E-state index in [2.05, 4.69) is 31.3 Å². The molecule has 0 aliphatic heterocycles. The van der Waals surface area contributed by atoms with Crippen LogP contribution in [0.5, 0.6) is 0 Å². The summed E-state index contributed by atoms with van der Waals surface area (Å²) in [6, 6.07) is 13.3. The minimum Gasteiger partial charge on any atom is -0.307 e. The molecule has 4 rings (SSSR count). The lowest BCUT2D eigenvalue weighted by molar-refractivity contribution is 0.102. The van der Waals surface area contributed by atoms with Crippen molar-refractivity contribution < 1.29 is 4.79 Å². The van der Waals surface area contributed by atoms with Crippen molar-refractivity contribution in [1.29, 1.82) is 0 Å². The van der Waals surface area contributed by atoms with Gasteiger partial charge in [-0.2, -0.15) is 5.10 Å². The maximum atomic E-state index is 12.6. The lowest BCUT2D eigenvalue weighted by atomic mass is 10.2. The van der Waals surface area contributed by atoms with E-state index >= 15 is 0 Å². The van der Waals surface area contributed by atoms with E-state index in [9.17, 15) is 4.79 Å². The number of nitrogens with one attached hydrogen (secondary N) is 1. The van der Waals surface area contributed by atoms with Crippen LogP contribution in [0, 0.1) is 0 Å². The minimum absolute atomic E-state index is 0.190. The van der Waals surface area contributed by atoms with Crippen LogP contribution in [0.25, 0.3) is 5.65 Å². The first-order valence-electron chi connectivity index (χ1n) is 7.70. The molecule has 0 unspecified atom stereocenters. The van der Waals surface area contributed by atoms with Crippen LogP contribution in [0.1, 0.15) is 15.9 Å². The Hall–Kier alpha value is -2.93. The number of carbonyl (C=O) groups excluding carboxylic acids is 1. The molecule has 1 aromatic carbocycles. The van der Waals surface area contributed by atoms with Crippen molar-refractivity contribution in [2.24, 2.45) is 0 Å². The number of amides is 1. The zero-order valence-electron chi connectivity index (χ0n) is 13.1. The number of hydrogen-bond donors (Lipinski definition) is 1. The lowest BCUT2D eigenvalue weighted by Crippen LogP contribution is -2.16. The summed E-state index contributed by atoms with van der Waals surface area (Å²) in [5.41, 5.74) is 2.44. The molecule has 3 heterocycles. The number of pyridine rings is 1. The fourth-order valence-electron chi connectivity index (χ4n) is 2.60. The number of anilines is 1. The van der Waals surface area contributed by atoms with E-state index in [1.54, 1.807) is 35.4 Å². The Morgan fingerprint density at radius 1 is 1.12 bits per heavy atom. The Morgan fingerprint density at radius 3 is 2.88 bits per heavy atom. The second-order valence-corrected chi connectivity index (χ2v) is 6.38. The Balaban J connectivity index is 1.56. The maximum absolute atomic E-state index is 12.6. The van der Waals surface area contributed by atoms with Crippen molar-refractivity contribution in [1.82, 2.24) is 19.2 Å². The number of aromatic nitrogens is 4. The van der Waals surface area contributed by atoms with E-state index < -0.39 is 0 Å². The summed E-state index contributed by atoms with van der Waals surface area (Å²) >= 11 is 3.54. The van der Waals surface area contributed by atoms with Gasteiger partial charge in [0.25, 0.3) is 5.91 Å². The number of nitrogens with zero attached hydrogens (tertiary/aromatic N) is 4. The number of hydrogen-bond acceptors (Lipinski definition) is 3. The molecule has 0 saturated heterocycles. The van der Waals surface area contributed by atoms with Crippen LogP contribution < -0.4 is 5.32 Å². The molecule has 3 aromatic heterocycles. The highest BCUT2D eigenvalue weighted by molar-refractivity contribution is 9.10. The first-order chi connectivity index (χ1) is 12.2. The quantitative estimate of drug-likeness (QED) is 0.574. The van der Waals surface area contributed by atoms with E-state index in [4.69, 9.17) is 0 Å². The van der Waals surface area contributed by atoms with E-state index in [0.29, 0.717) is 17.9 Å². The molecular formula is C18H14BrN5O. The number of imidazole rings is 1. The first-order valence-corrected chi connectivity index (χ1v) is 8.49. The predicted octanol–water partition coefficient (Wildman–Crippen LogP) is 3.59. The Morgan fingerprint density at radius 2 is 2.00 bits per heavy atom. The van der Waals surface area contributed by atoms with Crippen LogP contribution in [0.4, 0.5) is 5.82 Å². The van der Waals surface area contributed by atoms with Crippen LogP contribution in [-0.2, 0) is 6.54 Å². The highest BCUT2D eigenvalue weighted by Gasteiger charge is 2.11. The van der Waals surface area contributed by atoms with Crippen molar-refractivity contribution in [3.63, 3.8) is 0 Å². The van der Waals surface area contributed by atoms with Gasteiger partial charge in [-0.15, -0.1) is 0 Å². The fraction of sp³-hybridized carbons (Fsp3) is 0.0556. The van der Waals surface area contributed by atoms with Crippen molar-refractivity contribution in [3.8, 4) is 0 Å². The van der Waals surface area contributed by atoms with Crippen LogP contribution >= 0.6 is 15.9 Å². The number of rotatable bonds is 4. The number of benzene rings is 1. The molecule has 4 aromatic rings. The maximum Gasteiger partial charge on any atom is 0.258 e. The Kier molecular flexibility index (Phi) is 4.07. The third-order valence-electron chi connectivity index (χ3n) is 3.89. The average Bonchev–Trinajstić information content (AvgIpc) is 3.25. The van der Waals surface area contributed by atoms with Gasteiger partial charge in [-0.05, 0) is 23.8 Å². The van der Waals surface area contributed by atoms with Gasteiger partial charge in [0.2, 0.25) is 0 Å². The third kappa shape index (κ3) is 3.18. The molecule has 0 bridgehead atoms. The summed E-state index contributed by atoms with van der Waals surface area (Å²) in [5.74, 6) is 0.455. The average molecular weight is 396 g/mol. The molecule has 0 spiro atoms. The molecule has 0 aliphatic carbocycles. The standard InChI is InChI=1S/C18H14BrN5O/c19-15-4-2-1-3-13(15)12-24-17(7-8-21-24)22-18(25)14-5-6-16-20-9-10-23(16)11-14/h1-11H,12H2,(H,22,25). The lowest BCUT2D eigenvalue weighted by Gasteiger charge is -2.10. The molecule has 0 fully saturated rings. The fourth-order valence-corrected chi connectivity index (χ4v) is 3.01. The van der Waals surface area contributed by atoms with Crippen molar-refractivity contribution >= 4 is 33.3 Å². The van der Waals surface area contributed by atoms with Crippen molar-refractivity contribution in [2.45, 2.75) is 6.54 Å². The monoisotopic (exact) mass is 395 g/mol. The van der Waals surface area contributed by atoms with Gasteiger partial charge in [-0.3, -0.25) is 4.79 Å². The minimum atomic E-state index is -0.190. The largest absolute Gasteiger partial charge is 0.307 e. The molecule has 0 radical (unpaired) electrons. The van der Waals surface area contributed by atoms with Gasteiger partial charge in [-0.1, -0.05) is 34.1 Å². The molecule has 0 saturated carbocycles. The zero-order valence-corrected chi connectivity index (χ0v) is 14.7. The van der Waals surface area contributed by atoms with Gasteiger partial charge in [0.15, 0.2) is 0 Å². The summed E-state index contributed by atoms with van der Waals surface area (Å²) in [4.78, 5) is 16.7. The van der Waals surface area contributed by atoms with E-state index in [1.165, 1.54) is 0 Å². The van der Waals surface area contributed by atoms with Gasteiger partial charge >= 0.3 is 0 Å². The van der Waals surface area contributed by atoms with Crippen LogP contribution in [-0.4, -0.2) is 25.1 Å². The molecular weight excluding hydrogens is 382 g/mol. The summed E-state index contributed by atoms with van der Waals surface area (Å²) in [6.45, 7) is 0.560. The Bertz CT molecular complexity index is 1050. The molecule has 7 heteroatoms. The van der Waals surface area contributed by atoms with Crippen molar-refractivity contribution in [2.75, 3.05) is 5.32 Å². The van der Waals surface area contributed by atoms with Gasteiger partial charge in [0.05, 0.1) is 18.3 Å². The number of carbonyl (C=O) groups is 1. The molecule has 1 amide bonds. The molecule has 0 aliphatic rings. The molecule has 1 N–H and O–H groups in total.